The predicted octanol–water partition coefficient (Wildman–Crippen LogP) is 2.21. The summed E-state index contributed by atoms with van der Waals surface area (Å²) in [5, 5.41) is 26.2. The minimum absolute atomic E-state index is 0.0521. The second kappa shape index (κ2) is 10.8. The molecule has 1 unspecified atom stereocenters. The Balaban J connectivity index is 1.40. The number of aromatic nitrogens is 4. The molecule has 0 spiro atoms. The van der Waals surface area contributed by atoms with Gasteiger partial charge in [-0.3, -0.25) is 9.13 Å². The van der Waals surface area contributed by atoms with E-state index in [0.717, 1.165) is 20.0 Å². The van der Waals surface area contributed by atoms with E-state index in [1.807, 2.05) is 24.1 Å². The number of halogens is 1. The summed E-state index contributed by atoms with van der Waals surface area (Å²) in [4.78, 5) is 29.1. The standard InChI is InChI=1S/C22H28ClN5O9P2/c1-27(15-8-7-12-5-3-4-6-13(12)15)19-14-9-24-28(20(14)26-22(23)25-19)21-18(30)17(29)16(37-21)10-36-39(34,35-2)11-38(31,32)33/h3-6,9,15-18,21,29-30H,7-8,10-11H2,1-2H3,(H2,31,32,33)/t15-,16+,17+,18+,21+,39?/m0/s1. The van der Waals surface area contributed by atoms with E-state index in [0.29, 0.717) is 11.2 Å². The first-order valence-electron chi connectivity index (χ1n) is 12.0. The van der Waals surface area contributed by atoms with Crippen LogP contribution in [0.3, 0.4) is 0 Å². The lowest BCUT2D eigenvalue weighted by atomic mass is 10.1. The monoisotopic (exact) mass is 603 g/mol. The average Bonchev–Trinajstić information content (AvgIpc) is 3.57. The fourth-order valence-electron chi connectivity index (χ4n) is 5.06. The van der Waals surface area contributed by atoms with Gasteiger partial charge in [-0.2, -0.15) is 15.1 Å². The number of fused-ring (bicyclic) bond motifs is 2. The number of nitrogens with zero attached hydrogens (tertiary/aromatic N) is 5. The molecule has 1 aromatic carbocycles. The van der Waals surface area contributed by atoms with Crippen LogP contribution in [0, 0.1) is 0 Å². The summed E-state index contributed by atoms with van der Waals surface area (Å²) >= 11 is 6.30. The number of ether oxygens (including phenoxy) is 1. The van der Waals surface area contributed by atoms with Crippen LogP contribution in [0.4, 0.5) is 5.82 Å². The lowest BCUT2D eigenvalue weighted by Gasteiger charge is -2.27. The summed E-state index contributed by atoms with van der Waals surface area (Å²) in [6.45, 7) is -0.580. The van der Waals surface area contributed by atoms with Crippen LogP contribution < -0.4 is 4.90 Å². The number of benzene rings is 1. The van der Waals surface area contributed by atoms with Gasteiger partial charge in [-0.1, -0.05) is 24.3 Å². The van der Waals surface area contributed by atoms with Gasteiger partial charge in [0.25, 0.3) is 0 Å². The molecule has 3 heterocycles. The first-order chi connectivity index (χ1) is 18.4. The highest BCUT2D eigenvalue weighted by Gasteiger charge is 2.46. The van der Waals surface area contributed by atoms with E-state index >= 15 is 0 Å². The molecule has 2 aromatic heterocycles. The van der Waals surface area contributed by atoms with Crippen LogP contribution >= 0.6 is 26.8 Å². The molecular weight excluding hydrogens is 576 g/mol. The second-order valence-corrected chi connectivity index (χ2v) is 14.1. The minimum atomic E-state index is -4.73. The smallest absolute Gasteiger partial charge is 0.342 e. The van der Waals surface area contributed by atoms with Crippen molar-refractivity contribution in [3.05, 3.63) is 46.9 Å². The van der Waals surface area contributed by atoms with Crippen LogP contribution in [0.25, 0.3) is 11.0 Å². The zero-order valence-corrected chi connectivity index (χ0v) is 23.5. The van der Waals surface area contributed by atoms with Gasteiger partial charge in [0, 0.05) is 14.2 Å². The van der Waals surface area contributed by atoms with Crippen molar-refractivity contribution in [2.24, 2.45) is 0 Å². The van der Waals surface area contributed by atoms with E-state index in [1.165, 1.54) is 22.0 Å². The maximum atomic E-state index is 12.6. The van der Waals surface area contributed by atoms with Crippen molar-refractivity contribution in [1.29, 1.82) is 0 Å². The molecule has 1 aliphatic heterocycles. The van der Waals surface area contributed by atoms with Crippen LogP contribution in [0.15, 0.2) is 30.5 Å². The van der Waals surface area contributed by atoms with Crippen LogP contribution in [-0.2, 0) is 29.3 Å². The van der Waals surface area contributed by atoms with Crippen LogP contribution in [0.5, 0.6) is 0 Å². The Kier molecular flexibility index (Phi) is 7.90. The average molecular weight is 604 g/mol. The van der Waals surface area contributed by atoms with Crippen molar-refractivity contribution in [1.82, 2.24) is 19.7 Å². The molecule has 6 atom stereocenters. The van der Waals surface area contributed by atoms with Crippen molar-refractivity contribution in [3.63, 3.8) is 0 Å². The van der Waals surface area contributed by atoms with Crippen molar-refractivity contribution in [2.45, 2.75) is 43.4 Å². The van der Waals surface area contributed by atoms with Crippen molar-refractivity contribution >= 4 is 43.6 Å². The fraction of sp³-hybridized carbons (Fsp3) is 0.500. The third-order valence-corrected chi connectivity index (χ3v) is 11.1. The molecule has 0 bridgehead atoms. The van der Waals surface area contributed by atoms with Gasteiger partial charge in [-0.05, 0) is 35.6 Å². The summed E-state index contributed by atoms with van der Waals surface area (Å²) < 4.78 is 40.7. The Morgan fingerprint density at radius 2 is 1.95 bits per heavy atom. The summed E-state index contributed by atoms with van der Waals surface area (Å²) in [5.74, 6) is -0.615. The molecule has 5 rings (SSSR count). The minimum Gasteiger partial charge on any atom is -0.387 e. The molecule has 3 aromatic rings. The highest BCUT2D eigenvalue weighted by Crippen LogP contribution is 2.58. The summed E-state index contributed by atoms with van der Waals surface area (Å²) in [7, 11) is -6.03. The zero-order valence-electron chi connectivity index (χ0n) is 20.9. The third-order valence-electron chi connectivity index (χ3n) is 6.96. The number of aliphatic hydroxyl groups is 2. The number of aliphatic hydroxyl groups excluding tert-OH is 2. The van der Waals surface area contributed by atoms with Gasteiger partial charge in [-0.25, -0.2) is 4.68 Å². The first-order valence-corrected chi connectivity index (χ1v) is 15.9. The van der Waals surface area contributed by atoms with E-state index in [1.54, 1.807) is 0 Å². The molecule has 2 aliphatic rings. The molecule has 212 valence electrons. The van der Waals surface area contributed by atoms with Gasteiger partial charge in [0.2, 0.25) is 5.28 Å². The summed E-state index contributed by atoms with van der Waals surface area (Å²) in [5.41, 5.74) is 2.72. The van der Waals surface area contributed by atoms with E-state index < -0.39 is 52.2 Å². The zero-order chi connectivity index (χ0) is 28.1. The van der Waals surface area contributed by atoms with Crippen LogP contribution in [0.1, 0.15) is 29.8 Å². The highest BCUT2D eigenvalue weighted by molar-refractivity contribution is 7.70. The molecule has 0 amide bonds. The molecule has 1 saturated heterocycles. The molecule has 39 heavy (non-hydrogen) atoms. The molecule has 0 saturated carbocycles. The topological polar surface area (TPSA) is 190 Å². The molecule has 4 N–H and O–H groups in total. The summed E-state index contributed by atoms with van der Waals surface area (Å²) in [6.07, 6.45) is -2.13. The number of rotatable bonds is 9. The molecule has 1 fully saturated rings. The maximum Gasteiger partial charge on any atom is 0.342 e. The van der Waals surface area contributed by atoms with Gasteiger partial charge < -0.3 is 38.7 Å². The third kappa shape index (κ3) is 5.64. The molecule has 14 nitrogen and oxygen atoms in total. The SMILES string of the molecule is COP(=O)(CP(=O)(O)O)OC[C@H]1O[C@@H](n2ncc3c(N(C)[C@H]4CCc5ccccc54)nc(Cl)nc32)[C@H](O)[C@@H]1O. The highest BCUT2D eigenvalue weighted by atomic mass is 35.5. The van der Waals surface area contributed by atoms with Crippen LogP contribution in [0.2, 0.25) is 5.28 Å². The first kappa shape index (κ1) is 28.6. The number of aryl methyl sites for hydroxylation is 1. The predicted molar refractivity (Wildman–Crippen MR) is 140 cm³/mol. The Bertz CT molecular complexity index is 1470. The lowest BCUT2D eigenvalue weighted by Crippen LogP contribution is -2.34. The largest absolute Gasteiger partial charge is 0.387 e. The van der Waals surface area contributed by atoms with Crippen LogP contribution in [-0.4, -0.2) is 84.7 Å². The number of hydrogen-bond donors (Lipinski definition) is 4. The Morgan fingerprint density at radius 1 is 1.21 bits per heavy atom. The maximum absolute atomic E-state index is 12.6. The quantitative estimate of drug-likeness (QED) is 0.206. The van der Waals surface area contributed by atoms with Crippen molar-refractivity contribution in [3.8, 4) is 0 Å². The normalized spacial score (nSPS) is 26.6. The van der Waals surface area contributed by atoms with E-state index in [-0.39, 0.29) is 17.0 Å². The summed E-state index contributed by atoms with van der Waals surface area (Å²) in [6, 6.07) is 8.25. The molecular formula is C22H28ClN5O9P2. The van der Waals surface area contributed by atoms with Crippen molar-refractivity contribution in [2.75, 3.05) is 31.6 Å². The van der Waals surface area contributed by atoms with Gasteiger partial charge in [0.05, 0.1) is 24.2 Å². The van der Waals surface area contributed by atoms with Gasteiger partial charge in [-0.15, -0.1) is 0 Å². The van der Waals surface area contributed by atoms with Gasteiger partial charge in [0.15, 0.2) is 17.8 Å². The lowest BCUT2D eigenvalue weighted by molar-refractivity contribution is -0.0544. The van der Waals surface area contributed by atoms with Crippen molar-refractivity contribution < 1.29 is 42.9 Å². The molecule has 0 radical (unpaired) electrons. The number of anilines is 1. The van der Waals surface area contributed by atoms with E-state index in [9.17, 15) is 19.3 Å². The second-order valence-electron chi connectivity index (χ2n) is 9.45. The Hall–Kier alpha value is -1.96. The van der Waals surface area contributed by atoms with E-state index in [4.69, 9.17) is 35.2 Å². The number of hydrogen-bond acceptors (Lipinski definition) is 11. The fourth-order valence-corrected chi connectivity index (χ4v) is 8.29. The van der Waals surface area contributed by atoms with Gasteiger partial charge in [0.1, 0.15) is 24.1 Å². The molecule has 1 aliphatic carbocycles. The molecule has 17 heteroatoms. The van der Waals surface area contributed by atoms with E-state index in [2.05, 4.69) is 27.2 Å². The Morgan fingerprint density at radius 3 is 2.67 bits per heavy atom. The Labute approximate surface area is 228 Å². The van der Waals surface area contributed by atoms with Gasteiger partial charge >= 0.3 is 15.2 Å².